The van der Waals surface area contributed by atoms with E-state index in [0.29, 0.717) is 6.54 Å². The molecule has 0 saturated carbocycles. The van der Waals surface area contributed by atoms with Crippen LogP contribution in [0.25, 0.3) is 10.2 Å². The summed E-state index contributed by atoms with van der Waals surface area (Å²) in [5.41, 5.74) is 3.89. The van der Waals surface area contributed by atoms with E-state index in [1.807, 2.05) is 17.6 Å². The lowest BCUT2D eigenvalue weighted by Crippen LogP contribution is -2.15. The number of rotatable bonds is 3. The first-order chi connectivity index (χ1) is 6.75. The number of hydrogen-bond acceptors (Lipinski definition) is 4. The average Bonchev–Trinajstić information content (AvgIpc) is 2.61. The maximum atomic E-state index is 9.11. The fraction of sp³-hybridized carbons (Fsp3) is 0.300. The molecule has 3 nitrogen and oxygen atoms in total. The molecular weight excluding hydrogens is 196 g/mol. The summed E-state index contributed by atoms with van der Waals surface area (Å²) < 4.78 is 1.17. The Morgan fingerprint density at radius 3 is 3.21 bits per heavy atom. The van der Waals surface area contributed by atoms with Crippen LogP contribution >= 0.6 is 11.3 Å². The zero-order chi connectivity index (χ0) is 9.97. The van der Waals surface area contributed by atoms with Crippen LogP contribution in [0, 0.1) is 0 Å². The largest absolute Gasteiger partial charge is 0.392 e. The van der Waals surface area contributed by atoms with E-state index in [4.69, 9.17) is 5.11 Å². The SMILES string of the molecule is C[C@@H](O)CNc1ccc2ncsc2c1. The number of nitrogens with one attached hydrogen (secondary N) is 1. The topological polar surface area (TPSA) is 45.1 Å². The van der Waals surface area contributed by atoms with Crippen LogP contribution in [0.3, 0.4) is 0 Å². The van der Waals surface area contributed by atoms with E-state index < -0.39 is 0 Å². The second-order valence-corrected chi connectivity index (χ2v) is 4.15. The first-order valence-corrected chi connectivity index (χ1v) is 5.39. The van der Waals surface area contributed by atoms with Gasteiger partial charge in [0.15, 0.2) is 0 Å². The van der Waals surface area contributed by atoms with E-state index in [-0.39, 0.29) is 6.10 Å². The van der Waals surface area contributed by atoms with Crippen molar-refractivity contribution in [2.24, 2.45) is 0 Å². The highest BCUT2D eigenvalue weighted by Crippen LogP contribution is 2.21. The monoisotopic (exact) mass is 208 g/mol. The van der Waals surface area contributed by atoms with Gasteiger partial charge in [-0.1, -0.05) is 0 Å². The minimum Gasteiger partial charge on any atom is -0.392 e. The van der Waals surface area contributed by atoms with E-state index in [0.717, 1.165) is 11.2 Å². The zero-order valence-corrected chi connectivity index (χ0v) is 8.71. The van der Waals surface area contributed by atoms with Crippen LogP contribution in [-0.4, -0.2) is 22.7 Å². The molecule has 1 atom stereocenters. The summed E-state index contributed by atoms with van der Waals surface area (Å²) in [4.78, 5) is 4.20. The second-order valence-electron chi connectivity index (χ2n) is 3.26. The Morgan fingerprint density at radius 1 is 1.57 bits per heavy atom. The lowest BCUT2D eigenvalue weighted by atomic mass is 10.3. The summed E-state index contributed by atoms with van der Waals surface area (Å²) in [5.74, 6) is 0. The van der Waals surface area contributed by atoms with Gasteiger partial charge in [0, 0.05) is 12.2 Å². The fourth-order valence-electron chi connectivity index (χ4n) is 1.23. The molecule has 2 N–H and O–H groups in total. The van der Waals surface area contributed by atoms with Gasteiger partial charge in [0.25, 0.3) is 0 Å². The maximum absolute atomic E-state index is 9.11. The van der Waals surface area contributed by atoms with Crippen molar-refractivity contribution in [3.05, 3.63) is 23.7 Å². The Balaban J connectivity index is 2.17. The molecule has 74 valence electrons. The minimum atomic E-state index is -0.327. The molecule has 0 aliphatic rings. The van der Waals surface area contributed by atoms with Crippen molar-refractivity contribution in [2.45, 2.75) is 13.0 Å². The molecule has 1 aromatic heterocycles. The molecule has 0 amide bonds. The molecule has 0 spiro atoms. The van der Waals surface area contributed by atoms with Crippen molar-refractivity contribution >= 4 is 27.2 Å². The number of fused-ring (bicyclic) bond motifs is 1. The number of anilines is 1. The maximum Gasteiger partial charge on any atom is 0.0813 e. The first kappa shape index (κ1) is 9.43. The first-order valence-electron chi connectivity index (χ1n) is 4.51. The number of nitrogens with zero attached hydrogens (tertiary/aromatic N) is 1. The van der Waals surface area contributed by atoms with E-state index in [1.165, 1.54) is 4.70 Å². The molecule has 1 aromatic carbocycles. The predicted octanol–water partition coefficient (Wildman–Crippen LogP) is 2.09. The molecular formula is C10H12N2OS. The summed E-state index contributed by atoms with van der Waals surface area (Å²) in [5, 5.41) is 12.3. The second kappa shape index (κ2) is 3.94. The van der Waals surface area contributed by atoms with Crippen LogP contribution < -0.4 is 5.32 Å². The third-order valence-corrected chi connectivity index (χ3v) is 2.72. The number of aliphatic hydroxyl groups is 1. The van der Waals surface area contributed by atoms with Gasteiger partial charge in [0.05, 0.1) is 21.8 Å². The third kappa shape index (κ3) is 2.02. The van der Waals surface area contributed by atoms with E-state index in [1.54, 1.807) is 18.3 Å². The normalized spacial score (nSPS) is 13.0. The number of aromatic nitrogens is 1. The third-order valence-electron chi connectivity index (χ3n) is 1.93. The molecule has 2 rings (SSSR count). The van der Waals surface area contributed by atoms with Crippen molar-refractivity contribution < 1.29 is 5.11 Å². The van der Waals surface area contributed by atoms with Crippen molar-refractivity contribution in [1.82, 2.24) is 4.98 Å². The van der Waals surface area contributed by atoms with Crippen molar-refractivity contribution in [3.63, 3.8) is 0 Å². The lowest BCUT2D eigenvalue weighted by molar-refractivity contribution is 0.208. The van der Waals surface area contributed by atoms with Gasteiger partial charge in [0.2, 0.25) is 0 Å². The van der Waals surface area contributed by atoms with Crippen molar-refractivity contribution in [3.8, 4) is 0 Å². The summed E-state index contributed by atoms with van der Waals surface area (Å²) in [6.07, 6.45) is -0.327. The Hall–Kier alpha value is -1.13. The fourth-order valence-corrected chi connectivity index (χ4v) is 1.95. The molecule has 0 saturated heterocycles. The highest BCUT2D eigenvalue weighted by Gasteiger charge is 1.99. The van der Waals surface area contributed by atoms with Crippen LogP contribution in [-0.2, 0) is 0 Å². The smallest absolute Gasteiger partial charge is 0.0813 e. The predicted molar refractivity (Wildman–Crippen MR) is 59.8 cm³/mol. The van der Waals surface area contributed by atoms with Crippen molar-refractivity contribution in [2.75, 3.05) is 11.9 Å². The number of hydrogen-bond donors (Lipinski definition) is 2. The summed E-state index contributed by atoms with van der Waals surface area (Å²) in [6.45, 7) is 2.34. The quantitative estimate of drug-likeness (QED) is 0.811. The molecule has 0 fully saturated rings. The average molecular weight is 208 g/mol. The molecule has 0 aliphatic heterocycles. The van der Waals surface area contributed by atoms with Crippen molar-refractivity contribution in [1.29, 1.82) is 0 Å². The standard InChI is InChI=1S/C10H12N2OS/c1-7(13)5-11-8-2-3-9-10(4-8)14-6-12-9/h2-4,6-7,11,13H,5H2,1H3/t7-/m1/s1. The van der Waals surface area contributed by atoms with E-state index >= 15 is 0 Å². The van der Waals surface area contributed by atoms with Gasteiger partial charge < -0.3 is 10.4 Å². The Labute approximate surface area is 86.4 Å². The minimum absolute atomic E-state index is 0.327. The summed E-state index contributed by atoms with van der Waals surface area (Å²) in [7, 11) is 0. The molecule has 2 aromatic rings. The molecule has 4 heteroatoms. The highest BCUT2D eigenvalue weighted by molar-refractivity contribution is 7.16. The molecule has 0 unspecified atom stereocenters. The van der Waals surface area contributed by atoms with Gasteiger partial charge >= 0.3 is 0 Å². The molecule has 0 aliphatic carbocycles. The molecule has 0 bridgehead atoms. The van der Waals surface area contributed by atoms with Gasteiger partial charge in [-0.05, 0) is 25.1 Å². The Bertz CT molecular complexity index is 425. The number of thiazole rings is 1. The van der Waals surface area contributed by atoms with Gasteiger partial charge in [0.1, 0.15) is 0 Å². The van der Waals surface area contributed by atoms with Crippen LogP contribution in [0.1, 0.15) is 6.92 Å². The van der Waals surface area contributed by atoms with Crippen LogP contribution in [0.15, 0.2) is 23.7 Å². The van der Waals surface area contributed by atoms with E-state index in [9.17, 15) is 0 Å². The van der Waals surface area contributed by atoms with Gasteiger partial charge in [-0.2, -0.15) is 0 Å². The Kier molecular flexibility index (Phi) is 2.65. The van der Waals surface area contributed by atoms with Crippen LogP contribution in [0.5, 0.6) is 0 Å². The summed E-state index contributed by atoms with van der Waals surface area (Å²) >= 11 is 1.62. The van der Waals surface area contributed by atoms with Crippen LogP contribution in [0.4, 0.5) is 5.69 Å². The lowest BCUT2D eigenvalue weighted by Gasteiger charge is -2.07. The molecule has 14 heavy (non-hydrogen) atoms. The Morgan fingerprint density at radius 2 is 2.43 bits per heavy atom. The molecule has 1 heterocycles. The summed E-state index contributed by atoms with van der Waals surface area (Å²) in [6, 6.07) is 6.01. The number of benzene rings is 1. The number of aliphatic hydroxyl groups excluding tert-OH is 1. The van der Waals surface area contributed by atoms with Gasteiger partial charge in [-0.15, -0.1) is 11.3 Å². The zero-order valence-electron chi connectivity index (χ0n) is 7.90. The highest BCUT2D eigenvalue weighted by atomic mass is 32.1. The molecule has 0 radical (unpaired) electrons. The van der Waals surface area contributed by atoms with Gasteiger partial charge in [-0.25, -0.2) is 4.98 Å². The van der Waals surface area contributed by atoms with E-state index in [2.05, 4.69) is 16.4 Å². The van der Waals surface area contributed by atoms with Crippen LogP contribution in [0.2, 0.25) is 0 Å². The van der Waals surface area contributed by atoms with Gasteiger partial charge in [-0.3, -0.25) is 0 Å².